The number of aromatic nitrogens is 4. The first-order valence-electron chi connectivity index (χ1n) is 14.1. The number of benzene rings is 1. The van der Waals surface area contributed by atoms with E-state index >= 15 is 0 Å². The smallest absolute Gasteiger partial charge is 0.410 e. The monoisotopic (exact) mass is 586 g/mol. The number of aryl methyl sites for hydroxylation is 1. The highest BCUT2D eigenvalue weighted by Crippen LogP contribution is 2.31. The second-order valence-electron chi connectivity index (χ2n) is 12.7. The van der Waals surface area contributed by atoms with Crippen molar-refractivity contribution in [2.24, 2.45) is 0 Å². The third-order valence-corrected chi connectivity index (χ3v) is 8.54. The number of fused-ring (bicyclic) bond motifs is 1. The maximum atomic E-state index is 12.7. The minimum Gasteiger partial charge on any atom is -0.444 e. The molecule has 3 aromatic heterocycles. The molecule has 42 heavy (non-hydrogen) atoms. The van der Waals surface area contributed by atoms with Gasteiger partial charge in [0.15, 0.2) is 5.01 Å². The van der Waals surface area contributed by atoms with Crippen molar-refractivity contribution in [1.82, 2.24) is 30.2 Å². The van der Waals surface area contributed by atoms with Crippen LogP contribution in [0.3, 0.4) is 0 Å². The maximum Gasteiger partial charge on any atom is 0.410 e. The normalized spacial score (nSPS) is 14.2. The van der Waals surface area contributed by atoms with Gasteiger partial charge in [-0.15, -0.1) is 11.3 Å². The highest BCUT2D eigenvalue weighted by Gasteiger charge is 2.25. The Morgan fingerprint density at radius 2 is 1.88 bits per heavy atom. The van der Waals surface area contributed by atoms with Crippen molar-refractivity contribution in [2.45, 2.75) is 72.4 Å². The summed E-state index contributed by atoms with van der Waals surface area (Å²) in [5.74, 6) is -0.165. The van der Waals surface area contributed by atoms with Crippen LogP contribution in [0.5, 0.6) is 0 Å². The predicted octanol–water partition coefficient (Wildman–Crippen LogP) is 6.64. The van der Waals surface area contributed by atoms with E-state index in [1.165, 1.54) is 11.3 Å². The molecule has 1 aliphatic rings. The molecule has 1 aromatic carbocycles. The molecule has 0 bridgehead atoms. The van der Waals surface area contributed by atoms with E-state index in [9.17, 15) is 9.59 Å². The van der Waals surface area contributed by atoms with Gasteiger partial charge in [0.2, 0.25) is 0 Å². The first-order chi connectivity index (χ1) is 19.8. The van der Waals surface area contributed by atoms with E-state index in [1.54, 1.807) is 17.4 Å². The number of carbonyl (C=O) groups excluding carboxylic acids is 2. The zero-order valence-electron chi connectivity index (χ0n) is 25.3. The lowest BCUT2D eigenvalue weighted by atomic mass is 9.96. The number of ether oxygens (including phenoxy) is 1. The fourth-order valence-electron chi connectivity index (χ4n) is 4.76. The first-order valence-corrected chi connectivity index (χ1v) is 15.0. The molecular weight excluding hydrogens is 548 g/mol. The van der Waals surface area contributed by atoms with Gasteiger partial charge in [0.25, 0.3) is 5.91 Å². The Morgan fingerprint density at radius 1 is 1.10 bits per heavy atom. The molecule has 0 saturated carbocycles. The molecule has 2 N–H and O–H groups in total. The summed E-state index contributed by atoms with van der Waals surface area (Å²) in [4.78, 5) is 44.9. The van der Waals surface area contributed by atoms with Crippen LogP contribution in [0, 0.1) is 6.92 Å². The standard InChI is InChI=1S/C32H38N6O3S/c1-19-14-21(8-9-22(19)16-33-28(39)29-34-17-25(42-29)31(2,3)4)26-27-24(35-18-36-26)15-23(37-27)20-10-12-38(13-11-20)30(40)41-32(5,6)7/h8-10,14-15,17-18,37H,11-13,16H2,1-7H3,(H,33,39). The molecule has 4 heterocycles. The van der Waals surface area contributed by atoms with Gasteiger partial charge in [-0.2, -0.15) is 0 Å². The number of hydrogen-bond donors (Lipinski definition) is 2. The number of H-pyrrole nitrogens is 1. The Bertz CT molecular complexity index is 1670. The summed E-state index contributed by atoms with van der Waals surface area (Å²) in [6.45, 7) is 15.5. The van der Waals surface area contributed by atoms with Gasteiger partial charge < -0.3 is 19.9 Å². The van der Waals surface area contributed by atoms with Crippen molar-refractivity contribution in [3.05, 3.63) is 69.6 Å². The molecule has 0 aliphatic carbocycles. The summed E-state index contributed by atoms with van der Waals surface area (Å²) >= 11 is 1.44. The van der Waals surface area contributed by atoms with E-state index in [-0.39, 0.29) is 17.4 Å². The number of hydrogen-bond acceptors (Lipinski definition) is 7. The SMILES string of the molecule is Cc1cc(-c2ncnc3cc(C4=CCN(C(=O)OC(C)(C)C)CC4)[nH]c23)ccc1CNC(=O)c1ncc(C(C)(C)C)s1. The Hall–Kier alpha value is -4.05. The van der Waals surface area contributed by atoms with E-state index in [0.29, 0.717) is 31.1 Å². The maximum absolute atomic E-state index is 12.7. The van der Waals surface area contributed by atoms with E-state index in [1.807, 2.05) is 45.9 Å². The lowest BCUT2D eigenvalue weighted by molar-refractivity contribution is 0.0270. The van der Waals surface area contributed by atoms with E-state index < -0.39 is 5.60 Å². The van der Waals surface area contributed by atoms with Crippen molar-refractivity contribution in [2.75, 3.05) is 13.1 Å². The van der Waals surface area contributed by atoms with Crippen LogP contribution < -0.4 is 5.32 Å². The Balaban J connectivity index is 1.30. The molecule has 0 radical (unpaired) electrons. The number of thiazole rings is 1. The van der Waals surface area contributed by atoms with Gasteiger partial charge in [-0.1, -0.05) is 39.0 Å². The summed E-state index contributed by atoms with van der Waals surface area (Å²) in [6.07, 6.45) is 5.86. The van der Waals surface area contributed by atoms with Crippen molar-refractivity contribution in [3.8, 4) is 11.3 Å². The summed E-state index contributed by atoms with van der Waals surface area (Å²) in [7, 11) is 0. The fraction of sp³-hybridized carbons (Fsp3) is 0.406. The molecule has 0 unspecified atom stereocenters. The highest BCUT2D eigenvalue weighted by atomic mass is 32.1. The van der Waals surface area contributed by atoms with Crippen molar-refractivity contribution >= 4 is 39.9 Å². The van der Waals surface area contributed by atoms with Gasteiger partial charge >= 0.3 is 6.09 Å². The minimum absolute atomic E-state index is 0.0365. The van der Waals surface area contributed by atoms with Gasteiger partial charge in [-0.3, -0.25) is 4.79 Å². The van der Waals surface area contributed by atoms with Crippen molar-refractivity contribution < 1.29 is 14.3 Å². The number of nitrogens with zero attached hydrogens (tertiary/aromatic N) is 4. The van der Waals surface area contributed by atoms with Crippen LogP contribution >= 0.6 is 11.3 Å². The zero-order chi connectivity index (χ0) is 30.2. The average Bonchev–Trinajstić information content (AvgIpc) is 3.59. The topological polar surface area (TPSA) is 113 Å². The molecule has 0 saturated heterocycles. The zero-order valence-corrected chi connectivity index (χ0v) is 26.1. The number of nitrogens with one attached hydrogen (secondary N) is 2. The third-order valence-electron chi connectivity index (χ3n) is 7.12. The molecule has 220 valence electrons. The van der Waals surface area contributed by atoms with Gasteiger partial charge in [0, 0.05) is 42.0 Å². The van der Waals surface area contributed by atoms with Crippen LogP contribution in [0.25, 0.3) is 27.9 Å². The summed E-state index contributed by atoms with van der Waals surface area (Å²) in [5, 5.41) is 3.49. The summed E-state index contributed by atoms with van der Waals surface area (Å²) in [5.41, 5.74) is 7.11. The van der Waals surface area contributed by atoms with Gasteiger partial charge in [0.1, 0.15) is 11.9 Å². The quantitative estimate of drug-likeness (QED) is 0.271. The van der Waals surface area contributed by atoms with Crippen molar-refractivity contribution in [3.63, 3.8) is 0 Å². The number of amides is 2. The summed E-state index contributed by atoms with van der Waals surface area (Å²) in [6, 6.07) is 8.18. The Kier molecular flexibility index (Phi) is 7.94. The van der Waals surface area contributed by atoms with Crippen molar-refractivity contribution in [1.29, 1.82) is 0 Å². The molecule has 0 spiro atoms. The first kappa shape index (κ1) is 29.4. The minimum atomic E-state index is -0.518. The second kappa shape index (κ2) is 11.3. The number of aromatic amines is 1. The molecule has 10 heteroatoms. The van der Waals surface area contributed by atoms with E-state index in [0.717, 1.165) is 49.6 Å². The van der Waals surface area contributed by atoms with Crippen LogP contribution in [0.4, 0.5) is 4.79 Å². The highest BCUT2D eigenvalue weighted by molar-refractivity contribution is 7.13. The Morgan fingerprint density at radius 3 is 2.52 bits per heavy atom. The van der Waals surface area contributed by atoms with Crippen LogP contribution in [-0.4, -0.2) is 55.5 Å². The van der Waals surface area contributed by atoms with Crippen LogP contribution in [0.1, 0.15) is 79.5 Å². The molecule has 2 amide bonds. The molecule has 9 nitrogen and oxygen atoms in total. The number of carbonyl (C=O) groups is 2. The van der Waals surface area contributed by atoms with Gasteiger partial charge in [-0.05, 0) is 68.4 Å². The van der Waals surface area contributed by atoms with Crippen LogP contribution in [0.2, 0.25) is 0 Å². The lowest BCUT2D eigenvalue weighted by Gasteiger charge is -2.29. The predicted molar refractivity (Wildman–Crippen MR) is 166 cm³/mol. The Labute approximate surface area is 250 Å². The van der Waals surface area contributed by atoms with Gasteiger partial charge in [-0.25, -0.2) is 19.7 Å². The van der Waals surface area contributed by atoms with E-state index in [4.69, 9.17) is 4.74 Å². The summed E-state index contributed by atoms with van der Waals surface area (Å²) < 4.78 is 5.52. The number of rotatable bonds is 5. The van der Waals surface area contributed by atoms with E-state index in [2.05, 4.69) is 58.2 Å². The van der Waals surface area contributed by atoms with Gasteiger partial charge in [0.05, 0.1) is 16.7 Å². The molecule has 4 aromatic rings. The largest absolute Gasteiger partial charge is 0.444 e. The van der Waals surface area contributed by atoms with Crippen LogP contribution in [-0.2, 0) is 16.7 Å². The molecule has 0 atom stereocenters. The molecule has 1 aliphatic heterocycles. The molecular formula is C32H38N6O3S. The second-order valence-corrected chi connectivity index (χ2v) is 13.7. The van der Waals surface area contributed by atoms with Crippen LogP contribution in [0.15, 0.2) is 42.9 Å². The molecule has 5 rings (SSSR count). The fourth-order valence-corrected chi connectivity index (χ4v) is 5.65. The average molecular weight is 587 g/mol. The lowest BCUT2D eigenvalue weighted by Crippen LogP contribution is -2.39. The third kappa shape index (κ3) is 6.54. The molecule has 0 fully saturated rings.